The van der Waals surface area contributed by atoms with E-state index in [1.54, 1.807) is 23.7 Å². The topological polar surface area (TPSA) is 136 Å². The number of nitrogens with one attached hydrogen (secondary N) is 2. The summed E-state index contributed by atoms with van der Waals surface area (Å²) in [6.45, 7) is 0.183. The monoisotopic (exact) mass is 427 g/mol. The standard InChI is InChI=1S/C16H21N5O5S2/c1-21-13(7-11-4-6-28(24,25)10-11)19-20-16(21)27-9-14(22)18-15(23)17-8-12-3-2-5-26-12/h2-3,5,11H,4,6-10H2,1H3,(H2,17,18,22,23). The molecule has 1 unspecified atom stereocenters. The number of nitrogens with zero attached hydrogens (tertiary/aromatic N) is 3. The minimum Gasteiger partial charge on any atom is -0.467 e. The average Bonchev–Trinajstić information content (AvgIpc) is 3.34. The van der Waals surface area contributed by atoms with Crippen LogP contribution in [0.1, 0.15) is 18.0 Å². The Morgan fingerprint density at radius 1 is 1.39 bits per heavy atom. The van der Waals surface area contributed by atoms with E-state index in [4.69, 9.17) is 4.42 Å². The van der Waals surface area contributed by atoms with Crippen molar-refractivity contribution in [2.45, 2.75) is 24.5 Å². The number of rotatable bonds is 7. The van der Waals surface area contributed by atoms with Gasteiger partial charge in [-0.25, -0.2) is 13.2 Å². The fourth-order valence-corrected chi connectivity index (χ4v) is 5.45. The molecular formula is C16H21N5O5S2. The molecule has 28 heavy (non-hydrogen) atoms. The Morgan fingerprint density at radius 2 is 2.21 bits per heavy atom. The zero-order valence-corrected chi connectivity index (χ0v) is 16.9. The summed E-state index contributed by atoms with van der Waals surface area (Å²) in [5.74, 6) is 1.25. The summed E-state index contributed by atoms with van der Waals surface area (Å²) < 4.78 is 30.0. The zero-order chi connectivity index (χ0) is 20.1. The molecule has 0 radical (unpaired) electrons. The van der Waals surface area contributed by atoms with Crippen LogP contribution in [-0.4, -0.2) is 52.4 Å². The van der Waals surface area contributed by atoms with Gasteiger partial charge >= 0.3 is 6.03 Å². The van der Waals surface area contributed by atoms with Gasteiger partial charge in [0.05, 0.1) is 30.1 Å². The van der Waals surface area contributed by atoms with Crippen LogP contribution >= 0.6 is 11.8 Å². The molecule has 0 saturated carbocycles. The summed E-state index contributed by atoms with van der Waals surface area (Å²) in [5.41, 5.74) is 0. The van der Waals surface area contributed by atoms with Crippen molar-refractivity contribution in [1.29, 1.82) is 0 Å². The molecular weight excluding hydrogens is 406 g/mol. The number of amides is 3. The molecule has 1 atom stereocenters. The first-order valence-electron chi connectivity index (χ1n) is 8.64. The average molecular weight is 428 g/mol. The van der Waals surface area contributed by atoms with Gasteiger partial charge in [0.15, 0.2) is 15.0 Å². The van der Waals surface area contributed by atoms with Gasteiger partial charge in [0.25, 0.3) is 0 Å². The van der Waals surface area contributed by atoms with Crippen LogP contribution in [0.3, 0.4) is 0 Å². The number of aromatic nitrogens is 3. The largest absolute Gasteiger partial charge is 0.467 e. The molecule has 1 aliphatic rings. The van der Waals surface area contributed by atoms with E-state index in [9.17, 15) is 18.0 Å². The number of hydrogen-bond donors (Lipinski definition) is 2. The fraction of sp³-hybridized carbons (Fsp3) is 0.500. The first-order valence-corrected chi connectivity index (χ1v) is 11.4. The van der Waals surface area contributed by atoms with Crippen molar-refractivity contribution in [3.05, 3.63) is 30.0 Å². The molecule has 2 aromatic rings. The summed E-state index contributed by atoms with van der Waals surface area (Å²) in [6, 6.07) is 2.81. The number of hydrogen-bond acceptors (Lipinski definition) is 8. The maximum atomic E-state index is 11.9. The van der Waals surface area contributed by atoms with Crippen LogP contribution in [0.2, 0.25) is 0 Å². The van der Waals surface area contributed by atoms with Crippen LogP contribution in [0, 0.1) is 5.92 Å². The van der Waals surface area contributed by atoms with Gasteiger partial charge < -0.3 is 14.3 Å². The first kappa shape index (κ1) is 20.4. The molecule has 1 saturated heterocycles. The third-order valence-electron chi connectivity index (χ3n) is 4.31. The van der Waals surface area contributed by atoms with E-state index in [-0.39, 0.29) is 29.7 Å². The quantitative estimate of drug-likeness (QED) is 0.610. The molecule has 152 valence electrons. The minimum absolute atomic E-state index is 0.00203. The molecule has 10 nitrogen and oxygen atoms in total. The Morgan fingerprint density at radius 3 is 2.89 bits per heavy atom. The summed E-state index contributed by atoms with van der Waals surface area (Å²) in [7, 11) is -1.16. The number of carbonyl (C=O) groups is 2. The number of imide groups is 1. The van der Waals surface area contributed by atoms with Gasteiger partial charge in [0.2, 0.25) is 5.91 Å². The number of sulfone groups is 1. The lowest BCUT2D eigenvalue weighted by molar-refractivity contribution is -0.117. The van der Waals surface area contributed by atoms with E-state index in [1.807, 2.05) is 0 Å². The predicted molar refractivity (Wildman–Crippen MR) is 101 cm³/mol. The third-order valence-corrected chi connectivity index (χ3v) is 7.17. The predicted octanol–water partition coefficient (Wildman–Crippen LogP) is 0.503. The summed E-state index contributed by atoms with van der Waals surface area (Å²) in [5, 5.41) is 13.4. The lowest BCUT2D eigenvalue weighted by Gasteiger charge is -2.08. The third kappa shape index (κ3) is 5.58. The number of thioether (sulfide) groups is 1. The zero-order valence-electron chi connectivity index (χ0n) is 15.3. The minimum atomic E-state index is -2.93. The summed E-state index contributed by atoms with van der Waals surface area (Å²) in [6.07, 6.45) is 2.66. The lowest BCUT2D eigenvalue weighted by atomic mass is 10.1. The van der Waals surface area contributed by atoms with Crippen molar-refractivity contribution in [2.75, 3.05) is 17.3 Å². The second kappa shape index (κ2) is 8.78. The second-order valence-corrected chi connectivity index (χ2v) is 9.70. The molecule has 3 heterocycles. The number of carbonyl (C=O) groups excluding carboxylic acids is 2. The first-order chi connectivity index (χ1) is 13.3. The fourth-order valence-electron chi connectivity index (χ4n) is 2.86. The van der Waals surface area contributed by atoms with Gasteiger partial charge in [-0.2, -0.15) is 0 Å². The maximum Gasteiger partial charge on any atom is 0.321 e. The molecule has 0 spiro atoms. The number of urea groups is 1. The highest BCUT2D eigenvalue weighted by Crippen LogP contribution is 2.23. The Balaban J connectivity index is 1.43. The molecule has 3 amide bonds. The van der Waals surface area contributed by atoms with Crippen LogP contribution in [0.5, 0.6) is 0 Å². The lowest BCUT2D eigenvalue weighted by Crippen LogP contribution is -2.39. The normalized spacial score (nSPS) is 18.1. The molecule has 12 heteroatoms. The molecule has 0 bridgehead atoms. The van der Waals surface area contributed by atoms with Gasteiger partial charge in [0.1, 0.15) is 11.6 Å². The molecule has 1 fully saturated rings. The van der Waals surface area contributed by atoms with Crippen LogP contribution in [0.4, 0.5) is 4.79 Å². The molecule has 2 N–H and O–H groups in total. The Labute approximate surface area is 166 Å². The van der Waals surface area contributed by atoms with E-state index < -0.39 is 21.8 Å². The highest BCUT2D eigenvalue weighted by molar-refractivity contribution is 7.99. The molecule has 0 aromatic carbocycles. The van der Waals surface area contributed by atoms with E-state index >= 15 is 0 Å². The summed E-state index contributed by atoms with van der Waals surface area (Å²) in [4.78, 5) is 23.6. The maximum absolute atomic E-state index is 11.9. The van der Waals surface area contributed by atoms with E-state index in [0.717, 1.165) is 11.8 Å². The van der Waals surface area contributed by atoms with Crippen molar-refractivity contribution in [3.63, 3.8) is 0 Å². The van der Waals surface area contributed by atoms with Crippen molar-refractivity contribution in [2.24, 2.45) is 13.0 Å². The van der Waals surface area contributed by atoms with Crippen molar-refractivity contribution >= 4 is 33.5 Å². The highest BCUT2D eigenvalue weighted by atomic mass is 32.2. The van der Waals surface area contributed by atoms with Crippen LogP contribution in [-0.2, 0) is 34.6 Å². The smallest absolute Gasteiger partial charge is 0.321 e. The highest BCUT2D eigenvalue weighted by Gasteiger charge is 2.29. The van der Waals surface area contributed by atoms with Crippen molar-refractivity contribution in [1.82, 2.24) is 25.4 Å². The summed E-state index contributed by atoms with van der Waals surface area (Å²) >= 11 is 1.15. The SMILES string of the molecule is Cn1c(CC2CCS(=O)(=O)C2)nnc1SCC(=O)NC(=O)NCc1ccco1. The molecule has 0 aliphatic carbocycles. The number of furan rings is 1. The van der Waals surface area contributed by atoms with E-state index in [0.29, 0.717) is 29.6 Å². The van der Waals surface area contributed by atoms with Crippen LogP contribution < -0.4 is 10.6 Å². The van der Waals surface area contributed by atoms with Gasteiger partial charge in [-0.15, -0.1) is 10.2 Å². The Hall–Kier alpha value is -2.34. The van der Waals surface area contributed by atoms with Crippen LogP contribution in [0.15, 0.2) is 28.0 Å². The molecule has 3 rings (SSSR count). The van der Waals surface area contributed by atoms with Gasteiger partial charge in [-0.1, -0.05) is 11.8 Å². The van der Waals surface area contributed by atoms with Crippen molar-refractivity contribution in [3.8, 4) is 0 Å². The Bertz CT molecular complexity index is 939. The molecule has 2 aromatic heterocycles. The second-order valence-electron chi connectivity index (χ2n) is 6.53. The van der Waals surface area contributed by atoms with Crippen LogP contribution in [0.25, 0.3) is 0 Å². The van der Waals surface area contributed by atoms with Crippen molar-refractivity contribution < 1.29 is 22.4 Å². The van der Waals surface area contributed by atoms with E-state index in [1.165, 1.54) is 6.26 Å². The van der Waals surface area contributed by atoms with Gasteiger partial charge in [-0.3, -0.25) is 10.1 Å². The van der Waals surface area contributed by atoms with E-state index in [2.05, 4.69) is 20.8 Å². The van der Waals surface area contributed by atoms with Gasteiger partial charge in [0, 0.05) is 13.5 Å². The Kier molecular flexibility index (Phi) is 6.39. The van der Waals surface area contributed by atoms with Gasteiger partial charge in [-0.05, 0) is 24.5 Å². The molecule has 1 aliphatic heterocycles.